The number of benzene rings is 3. The smallest absolute Gasteiger partial charge is 0.210 e. The molecule has 0 saturated carbocycles. The highest BCUT2D eigenvalue weighted by Gasteiger charge is 2.48. The zero-order valence-electron chi connectivity index (χ0n) is 32.4. The molecule has 0 aromatic heterocycles. The molecule has 0 amide bonds. The van der Waals surface area contributed by atoms with Crippen molar-refractivity contribution >= 4 is 27.2 Å². The zero-order valence-corrected chi connectivity index (χ0v) is 33.2. The van der Waals surface area contributed by atoms with Crippen LogP contribution in [0.2, 0.25) is 0 Å². The Balaban J connectivity index is 0.000000470. The lowest BCUT2D eigenvalue weighted by Crippen LogP contribution is -2.33. The van der Waals surface area contributed by atoms with Gasteiger partial charge in [-0.15, -0.1) is 0 Å². The van der Waals surface area contributed by atoms with E-state index >= 15 is 0 Å². The summed E-state index contributed by atoms with van der Waals surface area (Å²) >= 11 is 0. The molecule has 5 rings (SSSR count). The Bertz CT molecular complexity index is 1960. The maximum absolute atomic E-state index is 10.4. The monoisotopic (exact) mass is 724 g/mol. The first kappa shape index (κ1) is 40.4. The van der Waals surface area contributed by atoms with Crippen molar-refractivity contribution in [1.82, 2.24) is 0 Å². The lowest BCUT2D eigenvalue weighted by atomic mass is 9.73. The highest BCUT2D eigenvalue weighted by molar-refractivity contribution is 7.85. The predicted octanol–water partition coefficient (Wildman–Crippen LogP) is 9.93. The normalized spacial score (nSPS) is 16.9. The molecule has 0 N–H and O–H groups in total. The van der Waals surface area contributed by atoms with Gasteiger partial charge in [-0.25, -0.2) is 8.42 Å². The van der Waals surface area contributed by atoms with E-state index in [0.717, 1.165) is 55.8 Å². The minimum atomic E-state index is -4.27. The topological polar surface area (TPSA) is 81.9 Å². The van der Waals surface area contributed by atoms with Crippen molar-refractivity contribution in [2.45, 2.75) is 89.9 Å². The van der Waals surface area contributed by atoms with E-state index in [1.165, 1.54) is 46.0 Å². The van der Waals surface area contributed by atoms with E-state index in [1.807, 2.05) is 6.92 Å². The standard InChI is InChI=1S/C37H49N2O2.C7H8O3S/c1-9-36(10-2)30-26-28(40-7)22-24-32(30)38(13-5)34(36)20-18-16-15-17-19-21-35-37(11-3,12-4)31-27-29(41-8)23-25-33(31)39(35)14-6;1-6-2-4-7(5-3-6)11(8,9)10/h15-27H,9-14H2,1-8H3;2-5H,1H3,(H,8,9,10)/q+1;/p-1. The fraction of sp³-hybridized carbons (Fsp3) is 0.386. The average molecular weight is 725 g/mol. The van der Waals surface area contributed by atoms with Crippen LogP contribution in [0.15, 0.2) is 114 Å². The van der Waals surface area contributed by atoms with Gasteiger partial charge in [0.2, 0.25) is 5.69 Å². The average Bonchev–Trinajstić information content (AvgIpc) is 3.58. The van der Waals surface area contributed by atoms with E-state index < -0.39 is 10.1 Å². The molecule has 3 aromatic carbocycles. The first-order chi connectivity index (χ1) is 24.9. The Morgan fingerprint density at radius 1 is 0.731 bits per heavy atom. The van der Waals surface area contributed by atoms with Crippen LogP contribution >= 0.6 is 0 Å². The second-order valence-electron chi connectivity index (χ2n) is 13.2. The Labute approximate surface area is 312 Å². The van der Waals surface area contributed by atoms with Gasteiger partial charge >= 0.3 is 0 Å². The van der Waals surface area contributed by atoms with Gasteiger partial charge in [0.05, 0.1) is 24.5 Å². The molecular formula is C44H56N2O5S. The van der Waals surface area contributed by atoms with Crippen molar-refractivity contribution in [3.05, 3.63) is 126 Å². The maximum Gasteiger partial charge on any atom is 0.210 e. The number of rotatable bonds is 13. The molecule has 2 aliphatic heterocycles. The van der Waals surface area contributed by atoms with Crippen LogP contribution in [0.25, 0.3) is 0 Å². The summed E-state index contributed by atoms with van der Waals surface area (Å²) in [6.07, 6.45) is 19.6. The van der Waals surface area contributed by atoms with E-state index in [9.17, 15) is 13.0 Å². The largest absolute Gasteiger partial charge is 0.744 e. The van der Waals surface area contributed by atoms with Crippen molar-refractivity contribution in [2.75, 3.05) is 32.2 Å². The highest BCUT2D eigenvalue weighted by atomic mass is 32.2. The van der Waals surface area contributed by atoms with Crippen molar-refractivity contribution in [3.63, 3.8) is 0 Å². The quantitative estimate of drug-likeness (QED) is 0.0992. The number of aryl methyl sites for hydroxylation is 1. The van der Waals surface area contributed by atoms with Gasteiger partial charge in [-0.05, 0) is 101 Å². The summed E-state index contributed by atoms with van der Waals surface area (Å²) in [4.78, 5) is 2.29. The molecule has 0 saturated heterocycles. The van der Waals surface area contributed by atoms with E-state index in [0.29, 0.717) is 0 Å². The van der Waals surface area contributed by atoms with Gasteiger partial charge in [0.15, 0.2) is 5.71 Å². The molecule has 52 heavy (non-hydrogen) atoms. The molecule has 3 aromatic rings. The molecule has 7 nitrogen and oxygen atoms in total. The summed E-state index contributed by atoms with van der Waals surface area (Å²) in [6, 6.07) is 18.8. The van der Waals surface area contributed by atoms with E-state index in [2.05, 4.69) is 130 Å². The molecule has 0 atom stereocenters. The molecule has 0 fully saturated rings. The number of methoxy groups -OCH3 is 2. The van der Waals surface area contributed by atoms with Gasteiger partial charge < -0.3 is 18.9 Å². The minimum Gasteiger partial charge on any atom is -0.744 e. The van der Waals surface area contributed by atoms with Gasteiger partial charge in [0, 0.05) is 41.1 Å². The Morgan fingerprint density at radius 2 is 1.29 bits per heavy atom. The van der Waals surface area contributed by atoms with Crippen LogP contribution in [0.5, 0.6) is 11.5 Å². The third kappa shape index (κ3) is 7.83. The molecule has 2 aliphatic rings. The van der Waals surface area contributed by atoms with Crippen molar-refractivity contribution in [2.24, 2.45) is 0 Å². The van der Waals surface area contributed by atoms with Crippen molar-refractivity contribution in [3.8, 4) is 11.5 Å². The SMILES string of the molecule is CCN1C(=CC=CC=CC=CC2=[N+](CC)c3ccc(OC)cc3C2(CC)CC)C(CC)(CC)c2cc(OC)ccc21.Cc1ccc(S(=O)(=O)[O-])cc1. The Kier molecular flexibility index (Phi) is 13.5. The minimum absolute atomic E-state index is 0.00210. The van der Waals surface area contributed by atoms with Crippen molar-refractivity contribution in [1.29, 1.82) is 0 Å². The summed E-state index contributed by atoms with van der Waals surface area (Å²) in [5.74, 6) is 1.86. The number of ether oxygens (including phenoxy) is 2. The molecule has 0 bridgehead atoms. The molecule has 0 radical (unpaired) electrons. The van der Waals surface area contributed by atoms with Crippen LogP contribution in [-0.4, -0.2) is 50.6 Å². The summed E-state index contributed by atoms with van der Waals surface area (Å²) in [5, 5.41) is 0. The fourth-order valence-electron chi connectivity index (χ4n) is 7.93. The van der Waals surface area contributed by atoms with Crippen LogP contribution in [0.3, 0.4) is 0 Å². The fourth-order valence-corrected chi connectivity index (χ4v) is 8.40. The first-order valence-electron chi connectivity index (χ1n) is 18.5. The number of allylic oxidation sites excluding steroid dienone is 8. The Hall–Kier alpha value is -4.40. The number of hydrogen-bond acceptors (Lipinski definition) is 6. The highest BCUT2D eigenvalue weighted by Crippen LogP contribution is 2.53. The van der Waals surface area contributed by atoms with Crippen LogP contribution in [0, 0.1) is 6.92 Å². The van der Waals surface area contributed by atoms with Crippen LogP contribution in [-0.2, 0) is 20.9 Å². The number of anilines is 1. The molecule has 278 valence electrons. The summed E-state index contributed by atoms with van der Waals surface area (Å²) in [6.45, 7) is 17.4. The summed E-state index contributed by atoms with van der Waals surface area (Å²) < 4.78 is 44.8. The van der Waals surface area contributed by atoms with Gasteiger partial charge in [-0.3, -0.25) is 0 Å². The third-order valence-corrected chi connectivity index (χ3v) is 11.7. The predicted molar refractivity (Wildman–Crippen MR) is 214 cm³/mol. The number of hydrogen-bond donors (Lipinski definition) is 0. The van der Waals surface area contributed by atoms with Crippen molar-refractivity contribution < 1.29 is 27.0 Å². The molecule has 2 heterocycles. The van der Waals surface area contributed by atoms with Crippen LogP contribution < -0.4 is 14.4 Å². The third-order valence-electron chi connectivity index (χ3n) is 10.9. The lowest BCUT2D eigenvalue weighted by Gasteiger charge is -2.31. The van der Waals surface area contributed by atoms with Gasteiger partial charge in [0.25, 0.3) is 0 Å². The van der Waals surface area contributed by atoms with Gasteiger partial charge in [-0.2, -0.15) is 4.58 Å². The molecule has 8 heteroatoms. The molecule has 0 unspecified atom stereocenters. The van der Waals surface area contributed by atoms with Gasteiger partial charge in [-0.1, -0.05) is 75.8 Å². The second kappa shape index (κ2) is 17.4. The first-order valence-corrected chi connectivity index (χ1v) is 19.9. The Morgan fingerprint density at radius 3 is 1.83 bits per heavy atom. The zero-order chi connectivity index (χ0) is 38.1. The molecule has 0 aliphatic carbocycles. The lowest BCUT2D eigenvalue weighted by molar-refractivity contribution is -0.433. The van der Waals surface area contributed by atoms with Crippen LogP contribution in [0.1, 0.15) is 83.9 Å². The number of nitrogens with zero attached hydrogens (tertiary/aromatic N) is 2. The molecular weight excluding hydrogens is 669 g/mol. The van der Waals surface area contributed by atoms with E-state index in [-0.39, 0.29) is 15.7 Å². The van der Waals surface area contributed by atoms with Gasteiger partial charge in [0.1, 0.15) is 28.2 Å². The summed E-state index contributed by atoms with van der Waals surface area (Å²) in [7, 11) is -0.770. The van der Waals surface area contributed by atoms with E-state index in [1.54, 1.807) is 26.4 Å². The number of fused-ring (bicyclic) bond motifs is 2. The summed E-state index contributed by atoms with van der Waals surface area (Å²) in [5.41, 5.74) is 9.04. The number of likely N-dealkylation sites (N-methyl/N-ethyl adjacent to an activating group) is 1. The maximum atomic E-state index is 10.4. The second-order valence-corrected chi connectivity index (χ2v) is 14.5. The molecule has 0 spiro atoms. The van der Waals surface area contributed by atoms with E-state index in [4.69, 9.17) is 9.47 Å². The van der Waals surface area contributed by atoms with Crippen LogP contribution in [0.4, 0.5) is 11.4 Å².